The third kappa shape index (κ3) is 2.69. The topological polar surface area (TPSA) is 53.8 Å². The quantitative estimate of drug-likeness (QED) is 0.836. The van der Waals surface area contributed by atoms with E-state index in [1.54, 1.807) is 0 Å². The Balaban J connectivity index is 1.54. The molecule has 0 atom stereocenters. The summed E-state index contributed by atoms with van der Waals surface area (Å²) in [5, 5.41) is 0. The van der Waals surface area contributed by atoms with E-state index < -0.39 is 0 Å². The Kier molecular flexibility index (Phi) is 3.60. The van der Waals surface area contributed by atoms with E-state index in [9.17, 15) is 9.59 Å². The zero-order chi connectivity index (χ0) is 17.1. The first-order chi connectivity index (χ1) is 11.4. The minimum atomic E-state index is -0.0927. The van der Waals surface area contributed by atoms with Crippen LogP contribution in [0.1, 0.15) is 65.3 Å². The van der Waals surface area contributed by atoms with Gasteiger partial charge in [-0.05, 0) is 25.2 Å². The average molecular weight is 330 g/mol. The summed E-state index contributed by atoms with van der Waals surface area (Å²) in [5.74, 6) is 1.14. The number of piperazine rings is 1. The third-order valence-corrected chi connectivity index (χ3v) is 5.64. The number of Topliss-reactive ketones (excluding diaryl/α,β-unsaturated/α-hetero) is 1. The molecule has 0 unspecified atom stereocenters. The second-order valence-electron chi connectivity index (χ2n) is 8.35. The van der Waals surface area contributed by atoms with E-state index in [1.165, 1.54) is 12.8 Å². The standard InChI is InChI=1S/C19H26N2O3/c1-12-16-14(22)10-19(2,3)11-15(16)24-17(12)18(23)21-8-6-20(7-9-21)13-4-5-13/h13H,4-11H2,1-3H3. The predicted octanol–water partition coefficient (Wildman–Crippen LogP) is 2.66. The lowest BCUT2D eigenvalue weighted by Crippen LogP contribution is -2.49. The molecule has 130 valence electrons. The molecule has 1 aromatic heterocycles. The monoisotopic (exact) mass is 330 g/mol. The maximum absolute atomic E-state index is 12.9. The minimum absolute atomic E-state index is 0.0528. The van der Waals surface area contributed by atoms with Crippen molar-refractivity contribution in [3.8, 4) is 0 Å². The number of hydrogen-bond donors (Lipinski definition) is 0. The maximum atomic E-state index is 12.9. The molecular formula is C19H26N2O3. The van der Waals surface area contributed by atoms with Crippen molar-refractivity contribution in [1.29, 1.82) is 0 Å². The molecule has 0 radical (unpaired) electrons. The summed E-state index contributed by atoms with van der Waals surface area (Å²) in [7, 11) is 0. The molecule has 1 amide bonds. The van der Waals surface area contributed by atoms with E-state index in [0.717, 1.165) is 44.2 Å². The molecule has 5 heteroatoms. The highest BCUT2D eigenvalue weighted by molar-refractivity contribution is 6.03. The van der Waals surface area contributed by atoms with Gasteiger partial charge in [0.25, 0.3) is 5.91 Å². The third-order valence-electron chi connectivity index (χ3n) is 5.64. The summed E-state index contributed by atoms with van der Waals surface area (Å²) >= 11 is 0. The van der Waals surface area contributed by atoms with E-state index in [4.69, 9.17) is 4.42 Å². The van der Waals surface area contributed by atoms with Crippen LogP contribution in [0.15, 0.2) is 4.42 Å². The fraction of sp³-hybridized carbons (Fsp3) is 0.684. The fourth-order valence-corrected chi connectivity index (χ4v) is 4.16. The largest absolute Gasteiger partial charge is 0.455 e. The maximum Gasteiger partial charge on any atom is 0.289 e. The first-order valence-electron chi connectivity index (χ1n) is 9.04. The van der Waals surface area contributed by atoms with Crippen molar-refractivity contribution in [2.75, 3.05) is 26.2 Å². The number of carbonyl (C=O) groups excluding carboxylic acids is 2. The SMILES string of the molecule is Cc1c(C(=O)N2CCN(C3CC3)CC2)oc2c1C(=O)CC(C)(C)C2. The average Bonchev–Trinajstić information content (AvgIpc) is 3.30. The van der Waals surface area contributed by atoms with Crippen LogP contribution in [0, 0.1) is 12.3 Å². The summed E-state index contributed by atoms with van der Waals surface area (Å²) in [4.78, 5) is 29.7. The minimum Gasteiger partial charge on any atom is -0.455 e. The van der Waals surface area contributed by atoms with Gasteiger partial charge in [-0.3, -0.25) is 14.5 Å². The summed E-state index contributed by atoms with van der Waals surface area (Å²) in [6.07, 6.45) is 3.84. The highest BCUT2D eigenvalue weighted by Gasteiger charge is 2.38. The van der Waals surface area contributed by atoms with Gasteiger partial charge >= 0.3 is 0 Å². The smallest absolute Gasteiger partial charge is 0.289 e. The number of carbonyl (C=O) groups is 2. The zero-order valence-corrected chi connectivity index (χ0v) is 14.9. The van der Waals surface area contributed by atoms with Crippen LogP contribution in [0.25, 0.3) is 0 Å². The van der Waals surface area contributed by atoms with Gasteiger partial charge in [-0.15, -0.1) is 0 Å². The van der Waals surface area contributed by atoms with Crippen LogP contribution < -0.4 is 0 Å². The van der Waals surface area contributed by atoms with E-state index >= 15 is 0 Å². The fourth-order valence-electron chi connectivity index (χ4n) is 4.16. The molecule has 0 spiro atoms. The van der Waals surface area contributed by atoms with Crippen molar-refractivity contribution in [1.82, 2.24) is 9.80 Å². The normalized spacial score (nSPS) is 24.1. The number of amides is 1. The molecule has 1 saturated carbocycles. The van der Waals surface area contributed by atoms with Gasteiger partial charge in [-0.25, -0.2) is 0 Å². The van der Waals surface area contributed by atoms with Crippen molar-refractivity contribution in [3.63, 3.8) is 0 Å². The molecule has 0 N–H and O–H groups in total. The number of rotatable bonds is 2. The van der Waals surface area contributed by atoms with Crippen molar-refractivity contribution in [3.05, 3.63) is 22.6 Å². The summed E-state index contributed by atoms with van der Waals surface area (Å²) in [5.41, 5.74) is 1.30. The van der Waals surface area contributed by atoms with E-state index in [-0.39, 0.29) is 17.1 Å². The number of nitrogens with zero attached hydrogens (tertiary/aromatic N) is 2. The van der Waals surface area contributed by atoms with Crippen LogP contribution in [-0.4, -0.2) is 53.7 Å². The van der Waals surface area contributed by atoms with Crippen molar-refractivity contribution in [2.24, 2.45) is 5.41 Å². The number of furan rings is 1. The highest BCUT2D eigenvalue weighted by Crippen LogP contribution is 2.38. The predicted molar refractivity (Wildman–Crippen MR) is 90.4 cm³/mol. The molecule has 0 bridgehead atoms. The lowest BCUT2D eigenvalue weighted by Gasteiger charge is -2.34. The molecule has 2 aliphatic carbocycles. The van der Waals surface area contributed by atoms with Crippen LogP contribution in [0.5, 0.6) is 0 Å². The van der Waals surface area contributed by atoms with Crippen molar-refractivity contribution < 1.29 is 14.0 Å². The molecule has 2 heterocycles. The van der Waals surface area contributed by atoms with Crippen molar-refractivity contribution in [2.45, 2.75) is 52.5 Å². The summed E-state index contributed by atoms with van der Waals surface area (Å²) < 4.78 is 5.92. The van der Waals surface area contributed by atoms with Crippen LogP contribution in [0.2, 0.25) is 0 Å². The molecule has 5 nitrogen and oxygen atoms in total. The molecule has 0 aromatic carbocycles. The van der Waals surface area contributed by atoms with Crippen LogP contribution in [-0.2, 0) is 6.42 Å². The first kappa shape index (κ1) is 15.9. The van der Waals surface area contributed by atoms with Gasteiger partial charge < -0.3 is 9.32 Å². The van der Waals surface area contributed by atoms with Gasteiger partial charge in [0.1, 0.15) is 5.76 Å². The Hall–Kier alpha value is -1.62. The molecule has 2 fully saturated rings. The Morgan fingerprint density at radius 1 is 1.12 bits per heavy atom. The molecule has 3 aliphatic rings. The van der Waals surface area contributed by atoms with Gasteiger partial charge in [0, 0.05) is 50.6 Å². The van der Waals surface area contributed by atoms with Gasteiger partial charge in [0.2, 0.25) is 0 Å². The van der Waals surface area contributed by atoms with Crippen molar-refractivity contribution >= 4 is 11.7 Å². The summed E-state index contributed by atoms with van der Waals surface area (Å²) in [6.45, 7) is 9.39. The Labute approximate surface area is 143 Å². The van der Waals surface area contributed by atoms with Gasteiger partial charge in [0.05, 0.1) is 5.56 Å². The molecule has 4 rings (SSSR count). The molecule has 1 saturated heterocycles. The molecule has 1 aromatic rings. The lowest BCUT2D eigenvalue weighted by molar-refractivity contribution is 0.0592. The van der Waals surface area contributed by atoms with E-state index in [1.807, 2.05) is 11.8 Å². The molecule has 1 aliphatic heterocycles. The first-order valence-corrected chi connectivity index (χ1v) is 9.04. The number of ketones is 1. The highest BCUT2D eigenvalue weighted by atomic mass is 16.4. The Morgan fingerprint density at radius 3 is 2.42 bits per heavy atom. The van der Waals surface area contributed by atoms with Gasteiger partial charge in [-0.1, -0.05) is 13.8 Å². The Morgan fingerprint density at radius 2 is 1.79 bits per heavy atom. The van der Waals surface area contributed by atoms with E-state index in [0.29, 0.717) is 23.5 Å². The van der Waals surface area contributed by atoms with Crippen LogP contribution >= 0.6 is 0 Å². The van der Waals surface area contributed by atoms with Crippen LogP contribution in [0.4, 0.5) is 0 Å². The second-order valence-corrected chi connectivity index (χ2v) is 8.35. The lowest BCUT2D eigenvalue weighted by atomic mass is 9.76. The van der Waals surface area contributed by atoms with E-state index in [2.05, 4.69) is 18.7 Å². The molecular weight excluding hydrogens is 304 g/mol. The zero-order valence-electron chi connectivity index (χ0n) is 14.9. The van der Waals surface area contributed by atoms with Gasteiger partial charge in [-0.2, -0.15) is 0 Å². The Bertz CT molecular complexity index is 692. The second kappa shape index (κ2) is 5.45. The number of fused-ring (bicyclic) bond motifs is 1. The van der Waals surface area contributed by atoms with Crippen LogP contribution in [0.3, 0.4) is 0 Å². The number of hydrogen-bond acceptors (Lipinski definition) is 4. The summed E-state index contributed by atoms with van der Waals surface area (Å²) in [6, 6.07) is 0.750. The van der Waals surface area contributed by atoms with Gasteiger partial charge in [0.15, 0.2) is 11.5 Å². The molecule has 24 heavy (non-hydrogen) atoms.